The SMILES string of the molecule is CCC(CSC)NS(=O)(=O)c1ccc(OC)c(CN)c1. The van der Waals surface area contributed by atoms with Crippen LogP contribution in [-0.4, -0.2) is 33.6 Å². The second-order valence-electron chi connectivity index (χ2n) is 4.36. The van der Waals surface area contributed by atoms with Gasteiger partial charge >= 0.3 is 0 Å². The third kappa shape index (κ3) is 4.37. The molecule has 1 atom stereocenters. The number of methoxy groups -OCH3 is 1. The van der Waals surface area contributed by atoms with Gasteiger partial charge in [0.05, 0.1) is 12.0 Å². The topological polar surface area (TPSA) is 81.4 Å². The average Bonchev–Trinajstić information content (AvgIpc) is 2.45. The Hall–Kier alpha value is -0.760. The van der Waals surface area contributed by atoms with Gasteiger partial charge in [0.15, 0.2) is 0 Å². The molecule has 0 bridgehead atoms. The molecule has 0 radical (unpaired) electrons. The van der Waals surface area contributed by atoms with Gasteiger partial charge in [-0.05, 0) is 30.9 Å². The highest BCUT2D eigenvalue weighted by Gasteiger charge is 2.20. The molecule has 0 aliphatic rings. The van der Waals surface area contributed by atoms with Crippen molar-refractivity contribution < 1.29 is 13.2 Å². The standard InChI is InChI=1S/C13H22N2O3S2/c1-4-11(9-19-3)15-20(16,17)12-5-6-13(18-2)10(7-12)8-14/h5-7,11,15H,4,8-9,14H2,1-3H3. The molecule has 114 valence electrons. The highest BCUT2D eigenvalue weighted by atomic mass is 32.2. The molecule has 0 aliphatic carbocycles. The van der Waals surface area contributed by atoms with E-state index < -0.39 is 10.0 Å². The van der Waals surface area contributed by atoms with Crippen LogP contribution < -0.4 is 15.2 Å². The van der Waals surface area contributed by atoms with Crippen molar-refractivity contribution in [2.24, 2.45) is 5.73 Å². The van der Waals surface area contributed by atoms with Crippen LogP contribution in [0.5, 0.6) is 5.75 Å². The summed E-state index contributed by atoms with van der Waals surface area (Å²) in [7, 11) is -1.99. The molecule has 0 aliphatic heterocycles. The second kappa shape index (κ2) is 7.87. The summed E-state index contributed by atoms with van der Waals surface area (Å²) in [5, 5.41) is 0. The largest absolute Gasteiger partial charge is 0.496 e. The van der Waals surface area contributed by atoms with Crippen molar-refractivity contribution >= 4 is 21.8 Å². The molecular weight excluding hydrogens is 296 g/mol. The quantitative estimate of drug-likeness (QED) is 0.760. The number of nitrogens with one attached hydrogen (secondary N) is 1. The van der Waals surface area contributed by atoms with Crippen LogP contribution in [0.4, 0.5) is 0 Å². The summed E-state index contributed by atoms with van der Waals surface area (Å²) < 4.78 is 32.5. The smallest absolute Gasteiger partial charge is 0.240 e. The van der Waals surface area contributed by atoms with E-state index in [9.17, 15) is 8.42 Å². The molecule has 1 aromatic carbocycles. The summed E-state index contributed by atoms with van der Waals surface area (Å²) in [5.41, 5.74) is 6.29. The Morgan fingerprint density at radius 1 is 1.45 bits per heavy atom. The number of hydrogen-bond acceptors (Lipinski definition) is 5. The molecule has 0 aromatic heterocycles. The van der Waals surface area contributed by atoms with Crippen molar-refractivity contribution in [3.05, 3.63) is 23.8 Å². The number of thioether (sulfide) groups is 1. The van der Waals surface area contributed by atoms with Crippen LogP contribution in [0.15, 0.2) is 23.1 Å². The van der Waals surface area contributed by atoms with Crippen molar-refractivity contribution in [2.45, 2.75) is 30.8 Å². The first kappa shape index (κ1) is 17.3. The van der Waals surface area contributed by atoms with E-state index in [4.69, 9.17) is 10.5 Å². The lowest BCUT2D eigenvalue weighted by Gasteiger charge is -2.17. The van der Waals surface area contributed by atoms with Crippen LogP contribution in [0.3, 0.4) is 0 Å². The highest BCUT2D eigenvalue weighted by Crippen LogP contribution is 2.22. The van der Waals surface area contributed by atoms with Crippen molar-refractivity contribution in [1.82, 2.24) is 4.72 Å². The summed E-state index contributed by atoms with van der Waals surface area (Å²) in [6.07, 6.45) is 2.71. The Balaban J connectivity index is 3.03. The lowest BCUT2D eigenvalue weighted by Crippen LogP contribution is -2.36. The zero-order chi connectivity index (χ0) is 15.2. The first-order valence-corrected chi connectivity index (χ1v) is 9.24. The van der Waals surface area contributed by atoms with Crippen molar-refractivity contribution in [2.75, 3.05) is 19.1 Å². The molecule has 1 unspecified atom stereocenters. The maximum atomic E-state index is 12.3. The Labute approximate surface area is 125 Å². The van der Waals surface area contributed by atoms with Crippen molar-refractivity contribution in [1.29, 1.82) is 0 Å². The van der Waals surface area contributed by atoms with Crippen LogP contribution in [0.1, 0.15) is 18.9 Å². The maximum absolute atomic E-state index is 12.3. The predicted molar refractivity (Wildman–Crippen MR) is 83.7 cm³/mol. The maximum Gasteiger partial charge on any atom is 0.240 e. The van der Waals surface area contributed by atoms with Crippen LogP contribution >= 0.6 is 11.8 Å². The van der Waals surface area contributed by atoms with Gasteiger partial charge in [-0.25, -0.2) is 13.1 Å². The number of sulfonamides is 1. The molecule has 1 aromatic rings. The summed E-state index contributed by atoms with van der Waals surface area (Å²) in [5.74, 6) is 1.35. The first-order valence-electron chi connectivity index (χ1n) is 6.36. The van der Waals surface area contributed by atoms with E-state index in [1.165, 1.54) is 13.2 Å². The molecule has 0 spiro atoms. The van der Waals surface area contributed by atoms with Gasteiger partial charge in [0.25, 0.3) is 0 Å². The van der Waals surface area contributed by atoms with Crippen LogP contribution in [0, 0.1) is 0 Å². The molecule has 0 heterocycles. The molecule has 3 N–H and O–H groups in total. The van der Waals surface area contributed by atoms with Gasteiger partial charge in [-0.2, -0.15) is 11.8 Å². The zero-order valence-electron chi connectivity index (χ0n) is 12.0. The molecule has 20 heavy (non-hydrogen) atoms. The fourth-order valence-electron chi connectivity index (χ4n) is 1.81. The number of ether oxygens (including phenoxy) is 1. The minimum Gasteiger partial charge on any atom is -0.496 e. The van der Waals surface area contributed by atoms with Gasteiger partial charge in [0.2, 0.25) is 10.0 Å². The van der Waals surface area contributed by atoms with Crippen LogP contribution in [0.25, 0.3) is 0 Å². The third-order valence-corrected chi connectivity index (χ3v) is 5.22. The van der Waals surface area contributed by atoms with E-state index >= 15 is 0 Å². The van der Waals surface area contributed by atoms with E-state index in [-0.39, 0.29) is 17.5 Å². The molecule has 0 saturated carbocycles. The van der Waals surface area contributed by atoms with E-state index in [2.05, 4.69) is 4.72 Å². The van der Waals surface area contributed by atoms with Crippen LogP contribution in [0.2, 0.25) is 0 Å². The molecule has 0 amide bonds. The normalized spacial score (nSPS) is 13.2. The van der Waals surface area contributed by atoms with Crippen LogP contribution in [-0.2, 0) is 16.6 Å². The van der Waals surface area contributed by atoms with Gasteiger partial charge in [0.1, 0.15) is 5.75 Å². The van der Waals surface area contributed by atoms with Gasteiger partial charge in [0, 0.05) is 23.9 Å². The fourth-order valence-corrected chi connectivity index (χ4v) is 4.00. The molecule has 5 nitrogen and oxygen atoms in total. The van der Waals surface area contributed by atoms with Gasteiger partial charge in [-0.1, -0.05) is 6.92 Å². The minimum atomic E-state index is -3.53. The number of benzene rings is 1. The van der Waals surface area contributed by atoms with E-state index in [1.54, 1.807) is 23.9 Å². The van der Waals surface area contributed by atoms with E-state index in [1.807, 2.05) is 13.2 Å². The van der Waals surface area contributed by atoms with Crippen molar-refractivity contribution in [3.8, 4) is 5.75 Å². The molecule has 0 fully saturated rings. The Bertz CT molecular complexity index is 532. The van der Waals surface area contributed by atoms with Gasteiger partial charge in [-0.15, -0.1) is 0 Å². The Kier molecular flexibility index (Phi) is 6.81. The lowest BCUT2D eigenvalue weighted by molar-refractivity contribution is 0.409. The summed E-state index contributed by atoms with van der Waals surface area (Å²) in [4.78, 5) is 0.221. The predicted octanol–water partition coefficient (Wildman–Crippen LogP) is 1.57. The average molecular weight is 318 g/mol. The van der Waals surface area contributed by atoms with Gasteiger partial charge in [-0.3, -0.25) is 0 Å². The summed E-state index contributed by atoms with van der Waals surface area (Å²) in [6, 6.07) is 4.66. The van der Waals surface area contributed by atoms with E-state index in [0.29, 0.717) is 11.3 Å². The summed E-state index contributed by atoms with van der Waals surface area (Å²) in [6.45, 7) is 2.19. The summed E-state index contributed by atoms with van der Waals surface area (Å²) >= 11 is 1.62. The molecular formula is C13H22N2O3S2. The second-order valence-corrected chi connectivity index (χ2v) is 6.98. The monoisotopic (exact) mass is 318 g/mol. The minimum absolute atomic E-state index is 0.0709. The Morgan fingerprint density at radius 2 is 2.15 bits per heavy atom. The highest BCUT2D eigenvalue weighted by molar-refractivity contribution is 7.98. The number of rotatable bonds is 8. The van der Waals surface area contributed by atoms with Crippen molar-refractivity contribution in [3.63, 3.8) is 0 Å². The lowest BCUT2D eigenvalue weighted by atomic mass is 10.2. The van der Waals surface area contributed by atoms with Gasteiger partial charge < -0.3 is 10.5 Å². The third-order valence-electron chi connectivity index (χ3n) is 2.96. The zero-order valence-corrected chi connectivity index (χ0v) is 13.7. The Morgan fingerprint density at radius 3 is 2.65 bits per heavy atom. The molecule has 0 saturated heterocycles. The molecule has 7 heteroatoms. The number of nitrogens with two attached hydrogens (primary N) is 1. The first-order chi connectivity index (χ1) is 9.48. The number of hydrogen-bond donors (Lipinski definition) is 2. The fraction of sp³-hybridized carbons (Fsp3) is 0.538. The van der Waals surface area contributed by atoms with E-state index in [0.717, 1.165) is 12.2 Å². The molecule has 1 rings (SSSR count).